The van der Waals surface area contributed by atoms with Gasteiger partial charge in [-0.3, -0.25) is 9.59 Å². The van der Waals surface area contributed by atoms with E-state index in [1.165, 1.54) is 12.3 Å². The number of nitrogens with zero attached hydrogens (tertiary/aromatic N) is 1. The molecule has 19 heavy (non-hydrogen) atoms. The summed E-state index contributed by atoms with van der Waals surface area (Å²) in [6, 6.07) is 3.11. The first-order valence-electron chi connectivity index (χ1n) is 6.39. The minimum atomic E-state index is -0.364. The minimum Gasteiger partial charge on any atom is -0.381 e. The number of ether oxygens (including phenoxy) is 1. The third-order valence-electron chi connectivity index (χ3n) is 3.58. The van der Waals surface area contributed by atoms with Gasteiger partial charge in [-0.15, -0.1) is 0 Å². The molecule has 104 valence electrons. The Labute approximate surface area is 111 Å². The van der Waals surface area contributed by atoms with Gasteiger partial charge in [0.25, 0.3) is 11.5 Å². The first kappa shape index (κ1) is 13.8. The number of likely N-dealkylation sites (tertiary alicyclic amines) is 1. The lowest BCUT2D eigenvalue weighted by Gasteiger charge is -2.38. The highest BCUT2D eigenvalue weighted by atomic mass is 16.5. The molecule has 2 rings (SSSR count). The number of carbonyl (C=O) groups is 1. The minimum absolute atomic E-state index is 0.0780. The molecule has 6 heteroatoms. The second kappa shape index (κ2) is 5.99. The zero-order valence-corrected chi connectivity index (χ0v) is 11.0. The third kappa shape index (κ3) is 2.85. The van der Waals surface area contributed by atoms with Crippen LogP contribution in [0.25, 0.3) is 0 Å². The van der Waals surface area contributed by atoms with E-state index in [4.69, 9.17) is 10.5 Å². The quantitative estimate of drug-likeness (QED) is 0.802. The number of amides is 1. The van der Waals surface area contributed by atoms with E-state index in [0.717, 1.165) is 6.42 Å². The molecule has 1 aliphatic rings. The number of nitrogens with one attached hydrogen (secondary N) is 1. The van der Waals surface area contributed by atoms with Crippen LogP contribution < -0.4 is 11.3 Å². The maximum absolute atomic E-state index is 12.4. The van der Waals surface area contributed by atoms with E-state index in [2.05, 4.69) is 4.98 Å². The Balaban J connectivity index is 2.19. The lowest BCUT2D eigenvalue weighted by Crippen LogP contribution is -2.52. The zero-order valence-electron chi connectivity index (χ0n) is 11.0. The van der Waals surface area contributed by atoms with Crippen LogP contribution in [-0.4, -0.2) is 48.1 Å². The Bertz CT molecular complexity index is 500. The smallest absolute Gasteiger partial charge is 0.260 e. The van der Waals surface area contributed by atoms with Gasteiger partial charge in [0.05, 0.1) is 6.10 Å². The number of hydrogen-bond donors (Lipinski definition) is 2. The molecule has 2 heterocycles. The van der Waals surface area contributed by atoms with Gasteiger partial charge in [-0.05, 0) is 25.0 Å². The largest absolute Gasteiger partial charge is 0.381 e. The van der Waals surface area contributed by atoms with Gasteiger partial charge in [0.1, 0.15) is 5.56 Å². The SMILES string of the molecule is COC1CCN(C(=O)c2ccc[nH]c2=O)C(CN)C1. The Morgan fingerprint density at radius 3 is 3.05 bits per heavy atom. The molecule has 2 atom stereocenters. The molecule has 0 aliphatic carbocycles. The Morgan fingerprint density at radius 2 is 2.42 bits per heavy atom. The molecule has 1 amide bonds. The summed E-state index contributed by atoms with van der Waals surface area (Å²) in [6.07, 6.45) is 3.12. The van der Waals surface area contributed by atoms with Crippen molar-refractivity contribution in [3.8, 4) is 0 Å². The van der Waals surface area contributed by atoms with E-state index in [9.17, 15) is 9.59 Å². The van der Waals surface area contributed by atoms with Crippen LogP contribution in [0.15, 0.2) is 23.1 Å². The standard InChI is InChI=1S/C13H19N3O3/c1-19-10-4-6-16(9(7-10)8-14)13(18)11-3-2-5-15-12(11)17/h2-3,5,9-10H,4,6-8,14H2,1H3,(H,15,17). The van der Waals surface area contributed by atoms with Gasteiger partial charge >= 0.3 is 0 Å². The maximum atomic E-state index is 12.4. The summed E-state index contributed by atoms with van der Waals surface area (Å²) in [4.78, 5) is 28.2. The molecular formula is C13H19N3O3. The lowest BCUT2D eigenvalue weighted by molar-refractivity contribution is 0.0138. The molecule has 0 bridgehead atoms. The number of aromatic nitrogens is 1. The molecule has 1 saturated heterocycles. The fraction of sp³-hybridized carbons (Fsp3) is 0.538. The molecule has 2 unspecified atom stereocenters. The van der Waals surface area contributed by atoms with Gasteiger partial charge in [-0.2, -0.15) is 0 Å². The van der Waals surface area contributed by atoms with Crippen molar-refractivity contribution in [1.82, 2.24) is 9.88 Å². The van der Waals surface area contributed by atoms with Gasteiger partial charge in [0.2, 0.25) is 0 Å². The molecule has 1 aliphatic heterocycles. The van der Waals surface area contributed by atoms with Gasteiger partial charge in [0, 0.05) is 32.4 Å². The molecule has 6 nitrogen and oxygen atoms in total. The molecule has 1 aromatic rings. The summed E-state index contributed by atoms with van der Waals surface area (Å²) >= 11 is 0. The average molecular weight is 265 g/mol. The number of nitrogens with two attached hydrogens (primary N) is 1. The molecule has 0 spiro atoms. The Hall–Kier alpha value is -1.66. The van der Waals surface area contributed by atoms with Gasteiger partial charge in [-0.25, -0.2) is 0 Å². The van der Waals surface area contributed by atoms with E-state index < -0.39 is 0 Å². The van der Waals surface area contributed by atoms with E-state index in [1.807, 2.05) is 0 Å². The van der Waals surface area contributed by atoms with Crippen molar-refractivity contribution in [1.29, 1.82) is 0 Å². The Kier molecular flexibility index (Phi) is 4.34. The summed E-state index contributed by atoms with van der Waals surface area (Å²) in [7, 11) is 1.66. The predicted octanol–water partition coefficient (Wildman–Crippen LogP) is -0.0468. The van der Waals surface area contributed by atoms with E-state index in [0.29, 0.717) is 19.5 Å². The van der Waals surface area contributed by atoms with Crippen LogP contribution >= 0.6 is 0 Å². The third-order valence-corrected chi connectivity index (χ3v) is 3.58. The van der Waals surface area contributed by atoms with Crippen LogP contribution in [0.2, 0.25) is 0 Å². The first-order valence-corrected chi connectivity index (χ1v) is 6.39. The van der Waals surface area contributed by atoms with Gasteiger partial charge < -0.3 is 20.4 Å². The lowest BCUT2D eigenvalue weighted by atomic mass is 9.98. The number of piperidine rings is 1. The van der Waals surface area contributed by atoms with Crippen molar-refractivity contribution < 1.29 is 9.53 Å². The Morgan fingerprint density at radius 1 is 1.63 bits per heavy atom. The van der Waals surface area contributed by atoms with Crippen LogP contribution in [0.4, 0.5) is 0 Å². The predicted molar refractivity (Wildman–Crippen MR) is 71.0 cm³/mol. The van der Waals surface area contributed by atoms with Crippen molar-refractivity contribution >= 4 is 5.91 Å². The summed E-state index contributed by atoms with van der Waals surface area (Å²) in [5, 5.41) is 0. The van der Waals surface area contributed by atoms with Crippen LogP contribution in [0, 0.1) is 0 Å². The summed E-state index contributed by atoms with van der Waals surface area (Å²) in [5.41, 5.74) is 5.53. The monoisotopic (exact) mass is 265 g/mol. The maximum Gasteiger partial charge on any atom is 0.260 e. The molecule has 0 saturated carbocycles. The van der Waals surface area contributed by atoms with Crippen molar-refractivity contribution in [2.45, 2.75) is 25.0 Å². The van der Waals surface area contributed by atoms with E-state index >= 15 is 0 Å². The number of carbonyl (C=O) groups excluding carboxylic acids is 1. The van der Waals surface area contributed by atoms with Crippen LogP contribution in [0.1, 0.15) is 23.2 Å². The molecule has 1 fully saturated rings. The summed E-state index contributed by atoms with van der Waals surface area (Å²) in [5.74, 6) is -0.258. The number of hydrogen-bond acceptors (Lipinski definition) is 4. The summed E-state index contributed by atoms with van der Waals surface area (Å²) in [6.45, 7) is 0.934. The molecule has 3 N–H and O–H groups in total. The zero-order chi connectivity index (χ0) is 13.8. The average Bonchev–Trinajstić information content (AvgIpc) is 2.46. The van der Waals surface area contributed by atoms with Gasteiger partial charge in [0.15, 0.2) is 0 Å². The summed E-state index contributed by atoms with van der Waals surface area (Å²) < 4.78 is 5.32. The molecule has 1 aromatic heterocycles. The van der Waals surface area contributed by atoms with Crippen LogP contribution in [0.5, 0.6) is 0 Å². The second-order valence-electron chi connectivity index (χ2n) is 4.68. The highest BCUT2D eigenvalue weighted by Gasteiger charge is 2.32. The topological polar surface area (TPSA) is 88.4 Å². The van der Waals surface area contributed by atoms with Crippen LogP contribution in [0.3, 0.4) is 0 Å². The van der Waals surface area contributed by atoms with Crippen LogP contribution in [-0.2, 0) is 4.74 Å². The number of rotatable bonds is 3. The molecular weight excluding hydrogens is 246 g/mol. The fourth-order valence-corrected chi connectivity index (χ4v) is 2.46. The van der Waals surface area contributed by atoms with Crippen molar-refractivity contribution in [3.05, 3.63) is 34.2 Å². The normalized spacial score (nSPS) is 23.4. The highest BCUT2D eigenvalue weighted by Crippen LogP contribution is 2.20. The first-order chi connectivity index (χ1) is 9.17. The van der Waals surface area contributed by atoms with Crippen molar-refractivity contribution in [2.75, 3.05) is 20.2 Å². The molecule has 0 aromatic carbocycles. The molecule has 0 radical (unpaired) electrons. The van der Waals surface area contributed by atoms with Crippen molar-refractivity contribution in [3.63, 3.8) is 0 Å². The second-order valence-corrected chi connectivity index (χ2v) is 4.68. The number of methoxy groups -OCH3 is 1. The fourth-order valence-electron chi connectivity index (χ4n) is 2.46. The number of H-pyrrole nitrogens is 1. The van der Waals surface area contributed by atoms with E-state index in [-0.39, 0.29) is 29.2 Å². The van der Waals surface area contributed by atoms with Gasteiger partial charge in [-0.1, -0.05) is 0 Å². The highest BCUT2D eigenvalue weighted by molar-refractivity contribution is 5.94. The van der Waals surface area contributed by atoms with Crippen molar-refractivity contribution in [2.24, 2.45) is 5.73 Å². The van der Waals surface area contributed by atoms with E-state index in [1.54, 1.807) is 18.1 Å². The number of pyridine rings is 1. The number of aromatic amines is 1.